The number of fused-ring (bicyclic) bond motifs is 11. The summed E-state index contributed by atoms with van der Waals surface area (Å²) in [4.78, 5) is 2.54. The monoisotopic (exact) mass is 665 g/mol. The third-order valence-corrected chi connectivity index (χ3v) is 15.2. The third-order valence-electron chi connectivity index (χ3n) is 15.2. The van der Waals surface area contributed by atoms with Crippen molar-refractivity contribution in [2.24, 2.45) is 23.7 Å². The average Bonchev–Trinajstić information content (AvgIpc) is 4.02. The smallest absolute Gasteiger partial charge is 0.0465 e. The fourth-order valence-electron chi connectivity index (χ4n) is 12.8. The second-order valence-corrected chi connectivity index (χ2v) is 18.5. The number of nitrogens with zero attached hydrogens (tertiary/aromatic N) is 1. The molecule has 11 rings (SSSR count). The Morgan fingerprint density at radius 2 is 0.922 bits per heavy atom. The molecule has 6 atom stereocenters. The summed E-state index contributed by atoms with van der Waals surface area (Å²) in [5, 5.41) is 0. The minimum atomic E-state index is -0.117. The summed E-state index contributed by atoms with van der Waals surface area (Å²) in [6, 6.07) is 40.8. The molecule has 0 heterocycles. The van der Waals surface area contributed by atoms with Crippen molar-refractivity contribution in [3.05, 3.63) is 137 Å². The van der Waals surface area contributed by atoms with E-state index in [0.29, 0.717) is 0 Å². The van der Waals surface area contributed by atoms with Gasteiger partial charge in [-0.15, -0.1) is 0 Å². The van der Waals surface area contributed by atoms with Gasteiger partial charge in [0, 0.05) is 27.9 Å². The van der Waals surface area contributed by atoms with E-state index in [9.17, 15) is 0 Å². The summed E-state index contributed by atoms with van der Waals surface area (Å²) in [5.41, 5.74) is 18.3. The van der Waals surface area contributed by atoms with Crippen LogP contribution in [0.4, 0.5) is 17.1 Å². The van der Waals surface area contributed by atoms with Crippen molar-refractivity contribution in [3.8, 4) is 22.3 Å². The summed E-state index contributed by atoms with van der Waals surface area (Å²) < 4.78 is 0. The summed E-state index contributed by atoms with van der Waals surface area (Å²) in [5.74, 6) is 5.23. The Morgan fingerprint density at radius 1 is 0.451 bits per heavy atom. The molecule has 0 saturated heterocycles. The topological polar surface area (TPSA) is 3.24 Å². The molecular formula is C50H51N. The summed E-state index contributed by atoms with van der Waals surface area (Å²) >= 11 is 0. The van der Waals surface area contributed by atoms with Gasteiger partial charge in [0.15, 0.2) is 0 Å². The molecule has 4 saturated carbocycles. The normalized spacial score (nSPS) is 28.1. The van der Waals surface area contributed by atoms with Crippen LogP contribution in [-0.2, 0) is 10.8 Å². The first-order valence-electron chi connectivity index (χ1n) is 20.2. The van der Waals surface area contributed by atoms with Crippen molar-refractivity contribution in [1.82, 2.24) is 0 Å². The molecule has 0 aromatic heterocycles. The highest BCUT2D eigenvalue weighted by atomic mass is 15.1. The van der Waals surface area contributed by atoms with Gasteiger partial charge in [0.05, 0.1) is 0 Å². The van der Waals surface area contributed by atoms with Crippen molar-refractivity contribution >= 4 is 17.1 Å². The Bertz CT molecular complexity index is 2130. The van der Waals surface area contributed by atoms with E-state index in [2.05, 4.69) is 136 Å². The summed E-state index contributed by atoms with van der Waals surface area (Å²) in [7, 11) is 0. The second kappa shape index (κ2) is 10.7. The van der Waals surface area contributed by atoms with Crippen LogP contribution in [0.25, 0.3) is 22.3 Å². The molecule has 256 valence electrons. The van der Waals surface area contributed by atoms with E-state index in [1.807, 2.05) is 0 Å². The number of benzene rings is 5. The van der Waals surface area contributed by atoms with Crippen molar-refractivity contribution in [1.29, 1.82) is 0 Å². The third kappa shape index (κ3) is 4.33. The molecule has 6 unspecified atom stereocenters. The Hall–Kier alpha value is -4.10. The lowest BCUT2D eigenvalue weighted by Crippen LogP contribution is -2.24. The van der Waals surface area contributed by atoms with Crippen LogP contribution in [0.15, 0.2) is 103 Å². The molecule has 51 heavy (non-hydrogen) atoms. The average molecular weight is 666 g/mol. The van der Waals surface area contributed by atoms with Crippen molar-refractivity contribution in [2.45, 2.75) is 102 Å². The molecule has 0 radical (unpaired) electrons. The Kier molecular flexibility index (Phi) is 6.42. The Balaban J connectivity index is 1.01. The maximum Gasteiger partial charge on any atom is 0.0465 e. The molecule has 0 amide bonds. The zero-order valence-electron chi connectivity index (χ0n) is 30.9. The van der Waals surface area contributed by atoms with Crippen LogP contribution in [0.2, 0.25) is 0 Å². The van der Waals surface area contributed by atoms with Crippen LogP contribution in [0.5, 0.6) is 0 Å². The predicted octanol–water partition coefficient (Wildman–Crippen LogP) is 13.6. The van der Waals surface area contributed by atoms with Crippen molar-refractivity contribution < 1.29 is 0 Å². The summed E-state index contributed by atoms with van der Waals surface area (Å²) in [6.45, 7) is 9.81. The highest BCUT2D eigenvalue weighted by molar-refractivity contribution is 5.92. The highest BCUT2D eigenvalue weighted by Crippen LogP contribution is 2.60. The van der Waals surface area contributed by atoms with Gasteiger partial charge in [-0.3, -0.25) is 0 Å². The van der Waals surface area contributed by atoms with Gasteiger partial charge < -0.3 is 4.90 Å². The molecule has 0 N–H and O–H groups in total. The SMILES string of the molecule is CC1(C)c2ccccc2-c2ccc3c(c21)C(C)(C)c1cc(N(c2ccc(C4CC5CCC4C5)cc2)c2ccc(C4CC5CCC4C5)cc2)ccc1-3. The maximum absolute atomic E-state index is 2.54. The fraction of sp³-hybridized carbons (Fsp3) is 0.400. The van der Waals surface area contributed by atoms with Gasteiger partial charge in [-0.2, -0.15) is 0 Å². The van der Waals surface area contributed by atoms with Crippen LogP contribution >= 0.6 is 0 Å². The van der Waals surface area contributed by atoms with Crippen molar-refractivity contribution in [3.63, 3.8) is 0 Å². The first-order chi connectivity index (χ1) is 24.8. The number of rotatable bonds is 5. The van der Waals surface area contributed by atoms with Gasteiger partial charge in [-0.05, 0) is 166 Å². The number of hydrogen-bond donors (Lipinski definition) is 0. The van der Waals surface area contributed by atoms with E-state index in [-0.39, 0.29) is 10.8 Å². The minimum absolute atomic E-state index is 0.0351. The first-order valence-corrected chi connectivity index (χ1v) is 20.2. The van der Waals surface area contributed by atoms with E-state index >= 15 is 0 Å². The molecule has 4 fully saturated rings. The molecule has 0 spiro atoms. The van der Waals surface area contributed by atoms with E-state index in [0.717, 1.165) is 35.5 Å². The van der Waals surface area contributed by atoms with Gasteiger partial charge in [0.25, 0.3) is 0 Å². The molecule has 5 aromatic rings. The predicted molar refractivity (Wildman–Crippen MR) is 213 cm³/mol. The molecule has 1 heteroatoms. The van der Waals surface area contributed by atoms with Crippen molar-refractivity contribution in [2.75, 3.05) is 4.90 Å². The molecule has 6 aliphatic rings. The van der Waals surface area contributed by atoms with Gasteiger partial charge in [0.1, 0.15) is 0 Å². The minimum Gasteiger partial charge on any atom is -0.310 e. The molecule has 4 bridgehead atoms. The molecule has 1 nitrogen and oxygen atoms in total. The van der Waals surface area contributed by atoms with E-state index in [1.54, 1.807) is 11.1 Å². The zero-order valence-corrected chi connectivity index (χ0v) is 30.9. The standard InChI is InChI=1S/C50H51N/c1-49(2)45-8-6-5-7-39(45)41-23-24-42-40-22-21-38(29-46(40)50(3,4)48(42)47(41)49)51(36-17-13-32(14-18-36)43-27-30-9-11-34(43)25-30)37-19-15-33(16-20-37)44-28-31-10-12-35(44)26-31/h5-8,13-24,29-31,34-35,43-44H,9-12,25-28H2,1-4H3. The lowest BCUT2D eigenvalue weighted by atomic mass is 9.72. The van der Waals surface area contributed by atoms with Crippen LogP contribution in [-0.4, -0.2) is 0 Å². The zero-order chi connectivity index (χ0) is 34.2. The van der Waals surface area contributed by atoms with E-state index in [1.165, 1.54) is 113 Å². The second-order valence-electron chi connectivity index (χ2n) is 18.5. The lowest BCUT2D eigenvalue weighted by molar-refractivity contribution is 0.420. The summed E-state index contributed by atoms with van der Waals surface area (Å²) in [6.07, 6.45) is 11.5. The largest absolute Gasteiger partial charge is 0.310 e. The van der Waals surface area contributed by atoms with Crippen LogP contribution < -0.4 is 4.90 Å². The van der Waals surface area contributed by atoms with E-state index in [4.69, 9.17) is 0 Å². The van der Waals surface area contributed by atoms with Gasteiger partial charge in [-0.1, -0.05) is 107 Å². The maximum atomic E-state index is 2.54. The first kappa shape index (κ1) is 30.5. The van der Waals surface area contributed by atoms with Crippen LogP contribution in [0.3, 0.4) is 0 Å². The molecular weight excluding hydrogens is 615 g/mol. The quantitative estimate of drug-likeness (QED) is 0.181. The lowest BCUT2D eigenvalue weighted by Gasteiger charge is -2.31. The van der Waals surface area contributed by atoms with Gasteiger partial charge in [0.2, 0.25) is 0 Å². The molecule has 6 aliphatic carbocycles. The van der Waals surface area contributed by atoms with Gasteiger partial charge >= 0.3 is 0 Å². The Labute approximate surface area is 305 Å². The fourth-order valence-corrected chi connectivity index (χ4v) is 12.8. The Morgan fingerprint density at radius 3 is 1.43 bits per heavy atom. The number of anilines is 3. The van der Waals surface area contributed by atoms with Crippen LogP contribution in [0, 0.1) is 23.7 Å². The van der Waals surface area contributed by atoms with Crippen LogP contribution in [0.1, 0.15) is 124 Å². The highest BCUT2D eigenvalue weighted by Gasteiger charge is 2.46. The number of hydrogen-bond acceptors (Lipinski definition) is 1. The molecule has 5 aromatic carbocycles. The molecule has 0 aliphatic heterocycles. The van der Waals surface area contributed by atoms with E-state index < -0.39 is 0 Å². The van der Waals surface area contributed by atoms with Gasteiger partial charge in [-0.25, -0.2) is 0 Å².